The zero-order chi connectivity index (χ0) is 25.1. The molecule has 0 radical (unpaired) electrons. The molecule has 1 aliphatic rings. The number of nitrogens with zero attached hydrogens (tertiary/aromatic N) is 6. The minimum Gasteiger partial charge on any atom is -0.420 e. The highest BCUT2D eigenvalue weighted by atomic mass is 35.5. The lowest BCUT2D eigenvalue weighted by molar-refractivity contribution is 0.402. The number of fused-ring (bicyclic) bond motifs is 4. The Bertz CT molecular complexity index is 1800. The van der Waals surface area contributed by atoms with Gasteiger partial charge >= 0.3 is 0 Å². The Labute approximate surface area is 221 Å². The maximum Gasteiger partial charge on any atom is 0.230 e. The van der Waals surface area contributed by atoms with Crippen molar-refractivity contribution in [3.05, 3.63) is 118 Å². The maximum absolute atomic E-state index is 6.48. The van der Waals surface area contributed by atoms with Gasteiger partial charge in [-0.25, -0.2) is 19.2 Å². The maximum atomic E-state index is 6.48. The van der Waals surface area contributed by atoms with E-state index in [2.05, 4.69) is 22.2 Å². The minimum absolute atomic E-state index is 0.216. The Morgan fingerprint density at radius 2 is 1.62 bits per heavy atom. The summed E-state index contributed by atoms with van der Waals surface area (Å²) in [5.74, 6) is 1.37. The van der Waals surface area contributed by atoms with E-state index >= 15 is 0 Å². The molecule has 6 aromatic rings. The van der Waals surface area contributed by atoms with Gasteiger partial charge in [-0.15, -0.1) is 5.10 Å². The number of halogens is 2. The van der Waals surface area contributed by atoms with Gasteiger partial charge in [0, 0.05) is 10.6 Å². The first-order valence-corrected chi connectivity index (χ1v) is 12.4. The highest BCUT2D eigenvalue weighted by Crippen LogP contribution is 2.49. The Balaban J connectivity index is 1.49. The zero-order valence-electron chi connectivity index (χ0n) is 19.5. The van der Waals surface area contributed by atoms with Crippen LogP contribution in [0.4, 0.5) is 0 Å². The van der Waals surface area contributed by atoms with Crippen LogP contribution in [0, 0.1) is 6.92 Å². The molecule has 3 aromatic heterocycles. The summed E-state index contributed by atoms with van der Waals surface area (Å²) >= 11 is 12.6. The van der Waals surface area contributed by atoms with Crippen molar-refractivity contribution in [2.45, 2.75) is 12.8 Å². The van der Waals surface area contributed by atoms with Crippen LogP contribution in [0.2, 0.25) is 10.0 Å². The molecule has 0 bridgehead atoms. The first-order valence-electron chi connectivity index (χ1n) is 11.7. The van der Waals surface area contributed by atoms with Crippen LogP contribution in [0.5, 0.6) is 11.8 Å². The fraction of sp³-hybridized carbons (Fsp3) is 0.0714. The molecule has 3 aromatic carbocycles. The first-order chi connectivity index (χ1) is 18.1. The van der Waals surface area contributed by atoms with Gasteiger partial charge in [0.2, 0.25) is 11.8 Å². The summed E-state index contributed by atoms with van der Waals surface area (Å²) in [6.45, 7) is 2.00. The van der Waals surface area contributed by atoms with E-state index in [4.69, 9.17) is 38.0 Å². The van der Waals surface area contributed by atoms with E-state index < -0.39 is 0 Å². The number of benzene rings is 3. The third-order valence-corrected chi connectivity index (χ3v) is 7.07. The Kier molecular flexibility index (Phi) is 5.02. The van der Waals surface area contributed by atoms with Gasteiger partial charge in [-0.05, 0) is 42.8 Å². The predicted molar refractivity (Wildman–Crippen MR) is 142 cm³/mol. The van der Waals surface area contributed by atoms with Crippen molar-refractivity contribution in [3.8, 4) is 28.8 Å². The van der Waals surface area contributed by atoms with Gasteiger partial charge in [0.1, 0.15) is 6.33 Å². The Morgan fingerprint density at radius 3 is 2.38 bits per heavy atom. The second-order valence-electron chi connectivity index (χ2n) is 8.79. The SMILES string of the molecule is Cc1nn(-c2ccccc2)c2c1C(c1ccccc1)c1c(ncn3nc(-c4ccc(Cl)cc4Cl)nc13)O2. The number of rotatable bonds is 3. The molecule has 9 heteroatoms. The van der Waals surface area contributed by atoms with E-state index in [1.807, 2.05) is 66.2 Å². The molecule has 0 fully saturated rings. The lowest BCUT2D eigenvalue weighted by atomic mass is 9.84. The fourth-order valence-electron chi connectivity index (χ4n) is 4.89. The van der Waals surface area contributed by atoms with Crippen LogP contribution in [0.3, 0.4) is 0 Å². The molecule has 0 spiro atoms. The summed E-state index contributed by atoms with van der Waals surface area (Å²) in [6.07, 6.45) is 1.61. The molecule has 7 rings (SSSR count). The predicted octanol–water partition coefficient (Wildman–Crippen LogP) is 6.88. The molecule has 0 saturated carbocycles. The first kappa shape index (κ1) is 22.0. The second kappa shape index (κ2) is 8.44. The average Bonchev–Trinajstić information content (AvgIpc) is 3.49. The van der Waals surface area contributed by atoms with Crippen molar-refractivity contribution in [3.63, 3.8) is 0 Å². The summed E-state index contributed by atoms with van der Waals surface area (Å²) in [6, 6.07) is 25.4. The Morgan fingerprint density at radius 1 is 0.865 bits per heavy atom. The van der Waals surface area contributed by atoms with Crippen molar-refractivity contribution in [1.82, 2.24) is 29.4 Å². The number of hydrogen-bond donors (Lipinski definition) is 0. The van der Waals surface area contributed by atoms with Crippen LogP contribution >= 0.6 is 23.2 Å². The molecule has 1 unspecified atom stereocenters. The molecule has 37 heavy (non-hydrogen) atoms. The summed E-state index contributed by atoms with van der Waals surface area (Å²) in [5, 5.41) is 10.6. The van der Waals surface area contributed by atoms with Gasteiger partial charge in [-0.3, -0.25) is 0 Å². The van der Waals surface area contributed by atoms with Crippen LogP contribution < -0.4 is 4.74 Å². The normalized spacial score (nSPS) is 14.3. The summed E-state index contributed by atoms with van der Waals surface area (Å²) < 4.78 is 9.96. The van der Waals surface area contributed by atoms with Gasteiger partial charge in [-0.1, -0.05) is 71.7 Å². The van der Waals surface area contributed by atoms with E-state index in [0.29, 0.717) is 38.8 Å². The molecule has 1 aliphatic heterocycles. The van der Waals surface area contributed by atoms with Crippen molar-refractivity contribution < 1.29 is 4.74 Å². The molecule has 0 N–H and O–H groups in total. The number of hydrogen-bond acceptors (Lipinski definition) is 5. The minimum atomic E-state index is -0.216. The van der Waals surface area contributed by atoms with Crippen molar-refractivity contribution >= 4 is 28.8 Å². The van der Waals surface area contributed by atoms with Gasteiger partial charge in [0.15, 0.2) is 11.5 Å². The van der Waals surface area contributed by atoms with Crippen molar-refractivity contribution in [2.24, 2.45) is 0 Å². The Hall–Kier alpha value is -4.20. The van der Waals surface area contributed by atoms with E-state index in [1.54, 1.807) is 23.0 Å². The van der Waals surface area contributed by atoms with E-state index in [1.165, 1.54) is 0 Å². The third-order valence-electron chi connectivity index (χ3n) is 6.53. The largest absolute Gasteiger partial charge is 0.420 e. The fourth-order valence-corrected chi connectivity index (χ4v) is 5.38. The van der Waals surface area contributed by atoms with Crippen LogP contribution in [0.15, 0.2) is 85.2 Å². The van der Waals surface area contributed by atoms with Gasteiger partial charge in [0.25, 0.3) is 0 Å². The standard InChI is InChI=1S/C28H18Cl2N6O/c1-16-22-23(17-8-4-2-5-9-17)24-26-32-25(20-13-12-18(29)14-21(20)30)34-35(26)15-31-27(24)37-28(22)36(33-16)19-10-6-3-7-11-19/h2-15,23H,1H3. The monoisotopic (exact) mass is 524 g/mol. The second-order valence-corrected chi connectivity index (χ2v) is 9.63. The molecule has 0 saturated heterocycles. The van der Waals surface area contributed by atoms with Crippen molar-refractivity contribution in [2.75, 3.05) is 0 Å². The van der Waals surface area contributed by atoms with Crippen LogP contribution in [0.1, 0.15) is 28.3 Å². The summed E-state index contributed by atoms with van der Waals surface area (Å²) in [4.78, 5) is 9.56. The molecular weight excluding hydrogens is 507 g/mol. The van der Waals surface area contributed by atoms with E-state index in [0.717, 1.165) is 28.1 Å². The molecule has 4 heterocycles. The van der Waals surface area contributed by atoms with Crippen LogP contribution in [0.25, 0.3) is 22.7 Å². The lowest BCUT2D eigenvalue weighted by Crippen LogP contribution is -2.16. The molecule has 180 valence electrons. The van der Waals surface area contributed by atoms with Crippen LogP contribution in [-0.4, -0.2) is 29.4 Å². The number of ether oxygens (including phenoxy) is 1. The van der Waals surface area contributed by atoms with E-state index in [9.17, 15) is 0 Å². The van der Waals surface area contributed by atoms with Gasteiger partial charge in [0.05, 0.1) is 33.4 Å². The number of aromatic nitrogens is 6. The number of aryl methyl sites for hydroxylation is 1. The molecule has 0 aliphatic carbocycles. The highest BCUT2D eigenvalue weighted by Gasteiger charge is 2.38. The topological polar surface area (TPSA) is 70.1 Å². The van der Waals surface area contributed by atoms with Gasteiger partial charge < -0.3 is 4.74 Å². The zero-order valence-corrected chi connectivity index (χ0v) is 21.0. The molecule has 7 nitrogen and oxygen atoms in total. The number of para-hydroxylation sites is 1. The molecule has 1 atom stereocenters. The lowest BCUT2D eigenvalue weighted by Gasteiger charge is -2.26. The smallest absolute Gasteiger partial charge is 0.230 e. The highest BCUT2D eigenvalue weighted by molar-refractivity contribution is 6.36. The van der Waals surface area contributed by atoms with Crippen molar-refractivity contribution in [1.29, 1.82) is 0 Å². The quantitative estimate of drug-likeness (QED) is 0.252. The van der Waals surface area contributed by atoms with Gasteiger partial charge in [-0.2, -0.15) is 5.10 Å². The average molecular weight is 525 g/mol. The molecular formula is C28H18Cl2N6O. The van der Waals surface area contributed by atoms with E-state index in [-0.39, 0.29) is 5.92 Å². The third kappa shape index (κ3) is 3.50. The summed E-state index contributed by atoms with van der Waals surface area (Å²) in [5.41, 5.74) is 5.95. The summed E-state index contributed by atoms with van der Waals surface area (Å²) in [7, 11) is 0. The molecule has 0 amide bonds. The van der Waals surface area contributed by atoms with Crippen LogP contribution in [-0.2, 0) is 0 Å².